The van der Waals surface area contributed by atoms with Crippen molar-refractivity contribution >= 4 is 11.1 Å². The van der Waals surface area contributed by atoms with E-state index in [1.807, 2.05) is 54.6 Å². The smallest absolute Gasteiger partial charge is 0.227 e. The molecule has 0 saturated heterocycles. The molecular formula is C41H43NO2. The van der Waals surface area contributed by atoms with Gasteiger partial charge in [-0.2, -0.15) is 0 Å². The van der Waals surface area contributed by atoms with Crippen molar-refractivity contribution in [3.63, 3.8) is 0 Å². The van der Waals surface area contributed by atoms with Crippen LogP contribution in [-0.2, 0) is 10.8 Å². The summed E-state index contributed by atoms with van der Waals surface area (Å²) < 4.78 is 6.25. The number of nitrogens with zero attached hydrogens (tertiary/aromatic N) is 1. The van der Waals surface area contributed by atoms with Crippen LogP contribution in [0, 0.1) is 13.8 Å². The topological polar surface area (TPSA) is 46.3 Å². The summed E-state index contributed by atoms with van der Waals surface area (Å²) in [6.45, 7) is 17.4. The molecular weight excluding hydrogens is 538 g/mol. The third-order valence-corrected chi connectivity index (χ3v) is 8.05. The van der Waals surface area contributed by atoms with E-state index in [1.165, 1.54) is 27.8 Å². The Hall–Kier alpha value is -4.63. The average Bonchev–Trinajstić information content (AvgIpc) is 3.42. The molecule has 0 radical (unpaired) electrons. The predicted octanol–water partition coefficient (Wildman–Crippen LogP) is 11.4. The van der Waals surface area contributed by atoms with Crippen molar-refractivity contribution in [1.82, 2.24) is 4.98 Å². The predicted molar refractivity (Wildman–Crippen MR) is 185 cm³/mol. The Kier molecular flexibility index (Phi) is 8.52. The number of aromatic hydroxyl groups is 1. The number of oxazole rings is 1. The van der Waals surface area contributed by atoms with Crippen molar-refractivity contribution in [2.24, 2.45) is 0 Å². The maximum atomic E-state index is 9.91. The zero-order valence-corrected chi connectivity index (χ0v) is 27.2. The van der Waals surface area contributed by atoms with E-state index in [-0.39, 0.29) is 10.8 Å². The lowest BCUT2D eigenvalue weighted by atomic mass is 9.84. The van der Waals surface area contributed by atoms with Gasteiger partial charge in [-0.1, -0.05) is 114 Å². The van der Waals surface area contributed by atoms with E-state index < -0.39 is 0 Å². The Morgan fingerprint density at radius 2 is 1.09 bits per heavy atom. The van der Waals surface area contributed by atoms with Gasteiger partial charge >= 0.3 is 0 Å². The monoisotopic (exact) mass is 581 g/mol. The van der Waals surface area contributed by atoms with Gasteiger partial charge in [0.2, 0.25) is 5.89 Å². The molecule has 3 heteroatoms. The summed E-state index contributed by atoms with van der Waals surface area (Å²) in [6.07, 6.45) is 0. The first kappa shape index (κ1) is 30.8. The van der Waals surface area contributed by atoms with Gasteiger partial charge in [-0.3, -0.25) is 0 Å². The summed E-state index contributed by atoms with van der Waals surface area (Å²) in [5.74, 6) is 1.00. The van der Waals surface area contributed by atoms with Gasteiger partial charge < -0.3 is 9.52 Å². The number of hydrogen-bond acceptors (Lipinski definition) is 3. The number of phenols is 1. The molecule has 1 heterocycles. The first-order chi connectivity index (χ1) is 20.8. The first-order valence-electron chi connectivity index (χ1n) is 15.3. The van der Waals surface area contributed by atoms with Gasteiger partial charge in [0.1, 0.15) is 11.3 Å². The molecule has 0 aliphatic heterocycles. The first-order valence-corrected chi connectivity index (χ1v) is 15.3. The number of aromatic nitrogens is 1. The molecule has 5 aromatic carbocycles. The van der Waals surface area contributed by atoms with Crippen molar-refractivity contribution in [3.05, 3.63) is 131 Å². The maximum Gasteiger partial charge on any atom is 0.227 e. The van der Waals surface area contributed by atoms with E-state index in [9.17, 15) is 5.11 Å². The lowest BCUT2D eigenvalue weighted by Gasteiger charge is -2.20. The highest BCUT2D eigenvalue weighted by molar-refractivity contribution is 5.93. The molecule has 0 fully saturated rings. The van der Waals surface area contributed by atoms with E-state index in [2.05, 4.69) is 110 Å². The second kappa shape index (κ2) is 12.2. The van der Waals surface area contributed by atoms with E-state index in [4.69, 9.17) is 9.40 Å². The average molecular weight is 582 g/mol. The fraction of sp³-hybridized carbons (Fsp3) is 0.244. The lowest BCUT2D eigenvalue weighted by Crippen LogP contribution is -2.11. The summed E-state index contributed by atoms with van der Waals surface area (Å²) in [5.41, 5.74) is 12.3. The lowest BCUT2D eigenvalue weighted by molar-refractivity contribution is 0.471. The summed E-state index contributed by atoms with van der Waals surface area (Å²) in [5, 5.41) is 9.91. The molecule has 6 rings (SSSR count). The van der Waals surface area contributed by atoms with Crippen LogP contribution in [0.25, 0.3) is 44.8 Å². The highest BCUT2D eigenvalue weighted by atomic mass is 16.3. The van der Waals surface area contributed by atoms with Crippen LogP contribution < -0.4 is 0 Å². The third kappa shape index (κ3) is 6.78. The van der Waals surface area contributed by atoms with Crippen molar-refractivity contribution in [1.29, 1.82) is 0 Å². The molecule has 1 aromatic heterocycles. The van der Waals surface area contributed by atoms with Crippen molar-refractivity contribution in [3.8, 4) is 39.5 Å². The van der Waals surface area contributed by atoms with Crippen molar-refractivity contribution in [2.75, 3.05) is 0 Å². The van der Waals surface area contributed by atoms with Gasteiger partial charge in [-0.15, -0.1) is 0 Å². The molecule has 1 N–H and O–H groups in total. The Morgan fingerprint density at radius 1 is 0.545 bits per heavy atom. The second-order valence-electron chi connectivity index (χ2n) is 13.7. The highest BCUT2D eigenvalue weighted by Gasteiger charge is 2.21. The van der Waals surface area contributed by atoms with Crippen LogP contribution in [0.15, 0.2) is 114 Å². The van der Waals surface area contributed by atoms with Gasteiger partial charge in [-0.05, 0) is 100 Å². The summed E-state index contributed by atoms with van der Waals surface area (Å²) in [4.78, 5) is 4.81. The van der Waals surface area contributed by atoms with Crippen LogP contribution >= 0.6 is 0 Å². The van der Waals surface area contributed by atoms with Gasteiger partial charge in [0.05, 0.1) is 0 Å². The SMILES string of the molecule is Cc1ccccc1-c1cc(C(C)(C)C)cc2nc(-c3ccccc3)oc12.Cc1ccccc1-c1cc(O)cc(C(C)(C)C)c1. The molecule has 0 amide bonds. The number of phenolic OH excluding ortho intramolecular Hbond substituents is 1. The zero-order chi connectivity index (χ0) is 31.6. The summed E-state index contributed by atoms with van der Waals surface area (Å²) in [6, 6.07) is 37.0. The molecule has 0 atom stereocenters. The molecule has 0 spiro atoms. The Balaban J connectivity index is 0.000000187. The molecule has 0 aliphatic rings. The Morgan fingerprint density at radius 3 is 1.68 bits per heavy atom. The number of aryl methyl sites for hydroxylation is 2. The highest BCUT2D eigenvalue weighted by Crippen LogP contribution is 2.38. The van der Waals surface area contributed by atoms with E-state index in [1.54, 1.807) is 0 Å². The van der Waals surface area contributed by atoms with Crippen molar-refractivity contribution < 1.29 is 9.52 Å². The summed E-state index contributed by atoms with van der Waals surface area (Å²) >= 11 is 0. The van der Waals surface area contributed by atoms with E-state index in [0.29, 0.717) is 11.6 Å². The van der Waals surface area contributed by atoms with Crippen LogP contribution in [0.5, 0.6) is 5.75 Å². The summed E-state index contributed by atoms with van der Waals surface area (Å²) in [7, 11) is 0. The normalized spacial score (nSPS) is 11.7. The minimum absolute atomic E-state index is 0.0379. The van der Waals surface area contributed by atoms with Gasteiger partial charge in [0.25, 0.3) is 0 Å². The number of benzene rings is 5. The largest absolute Gasteiger partial charge is 0.508 e. The second-order valence-corrected chi connectivity index (χ2v) is 13.7. The van der Waals surface area contributed by atoms with Crippen LogP contribution in [0.1, 0.15) is 63.8 Å². The number of rotatable bonds is 3. The van der Waals surface area contributed by atoms with Gasteiger partial charge in [0, 0.05) is 11.1 Å². The van der Waals surface area contributed by atoms with E-state index in [0.717, 1.165) is 33.4 Å². The fourth-order valence-corrected chi connectivity index (χ4v) is 5.34. The molecule has 0 bridgehead atoms. The maximum absolute atomic E-state index is 9.91. The van der Waals surface area contributed by atoms with Crippen LogP contribution in [0.2, 0.25) is 0 Å². The molecule has 3 nitrogen and oxygen atoms in total. The Labute approximate surface area is 262 Å². The zero-order valence-electron chi connectivity index (χ0n) is 27.2. The Bertz CT molecular complexity index is 1900. The van der Waals surface area contributed by atoms with Crippen LogP contribution in [0.4, 0.5) is 0 Å². The minimum Gasteiger partial charge on any atom is -0.508 e. The molecule has 0 aliphatic carbocycles. The van der Waals surface area contributed by atoms with Crippen LogP contribution in [-0.4, -0.2) is 10.1 Å². The van der Waals surface area contributed by atoms with Crippen LogP contribution in [0.3, 0.4) is 0 Å². The molecule has 224 valence electrons. The standard InChI is InChI=1S/C24H23NO.C17H20O/c1-16-10-8-9-13-19(16)20-14-18(24(2,3)4)15-21-22(20)26-23(25-21)17-11-6-5-7-12-17;1-12-7-5-6-8-16(12)13-9-14(17(2,3)4)11-15(18)10-13/h5-15H,1-4H3;5-11,18H,1-4H3. The minimum atomic E-state index is 0.0379. The third-order valence-electron chi connectivity index (χ3n) is 8.05. The van der Waals surface area contributed by atoms with Crippen molar-refractivity contribution in [2.45, 2.75) is 66.2 Å². The number of fused-ring (bicyclic) bond motifs is 1. The molecule has 44 heavy (non-hydrogen) atoms. The molecule has 0 saturated carbocycles. The quantitative estimate of drug-likeness (QED) is 0.226. The fourth-order valence-electron chi connectivity index (χ4n) is 5.34. The van der Waals surface area contributed by atoms with Gasteiger partial charge in [0.15, 0.2) is 5.58 Å². The molecule has 0 unspecified atom stereocenters. The van der Waals surface area contributed by atoms with E-state index >= 15 is 0 Å². The van der Waals surface area contributed by atoms with Gasteiger partial charge in [-0.25, -0.2) is 4.98 Å². The number of hydrogen-bond donors (Lipinski definition) is 1. The molecule has 6 aromatic rings.